The fraction of sp³-hybridized carbons (Fsp3) is 0.250. The molecule has 0 aliphatic carbocycles. The van der Waals surface area contributed by atoms with Gasteiger partial charge in [-0.2, -0.15) is 0 Å². The van der Waals surface area contributed by atoms with Crippen molar-refractivity contribution in [1.82, 2.24) is 15.3 Å². The van der Waals surface area contributed by atoms with E-state index in [0.29, 0.717) is 18.1 Å². The van der Waals surface area contributed by atoms with Gasteiger partial charge < -0.3 is 20.0 Å². The van der Waals surface area contributed by atoms with Gasteiger partial charge in [0, 0.05) is 24.5 Å². The van der Waals surface area contributed by atoms with Crippen LogP contribution in [0.1, 0.15) is 30.1 Å². The van der Waals surface area contributed by atoms with Crippen molar-refractivity contribution in [2.75, 3.05) is 23.3 Å². The van der Waals surface area contributed by atoms with Gasteiger partial charge in [-0.15, -0.1) is 0 Å². The molecule has 0 bridgehead atoms. The van der Waals surface area contributed by atoms with Crippen molar-refractivity contribution in [1.29, 1.82) is 0 Å². The number of aromatic nitrogens is 2. The Labute approximate surface area is 158 Å². The number of amides is 1. The smallest absolute Gasteiger partial charge is 0.271 e. The fourth-order valence-electron chi connectivity index (χ4n) is 2.67. The Balaban J connectivity index is 1.57. The molecule has 0 unspecified atom stereocenters. The van der Waals surface area contributed by atoms with Gasteiger partial charge in [-0.05, 0) is 50.2 Å². The van der Waals surface area contributed by atoms with Crippen LogP contribution in [-0.2, 0) is 6.54 Å². The van der Waals surface area contributed by atoms with E-state index in [9.17, 15) is 4.79 Å². The molecule has 1 aromatic carbocycles. The Kier molecular flexibility index (Phi) is 6.04. The highest BCUT2D eigenvalue weighted by Crippen LogP contribution is 2.20. The van der Waals surface area contributed by atoms with Crippen LogP contribution in [-0.4, -0.2) is 29.0 Å². The molecule has 140 valence electrons. The molecule has 0 aliphatic rings. The quantitative estimate of drug-likeness (QED) is 0.635. The first-order chi connectivity index (χ1) is 13.2. The number of furan rings is 1. The van der Waals surface area contributed by atoms with Gasteiger partial charge in [0.25, 0.3) is 5.91 Å². The SMILES string of the molecule is CCN(CC)c1ccc(Nc2cnc(C(=O)NCc3ccco3)cn2)cc1. The number of anilines is 3. The molecule has 7 heteroatoms. The second-order valence-corrected chi connectivity index (χ2v) is 5.89. The Bertz CT molecular complexity index is 841. The molecule has 3 aromatic rings. The lowest BCUT2D eigenvalue weighted by atomic mass is 10.2. The van der Waals surface area contributed by atoms with E-state index in [1.165, 1.54) is 11.9 Å². The normalized spacial score (nSPS) is 10.4. The van der Waals surface area contributed by atoms with E-state index >= 15 is 0 Å². The predicted molar refractivity (Wildman–Crippen MR) is 105 cm³/mol. The van der Waals surface area contributed by atoms with Gasteiger partial charge in [-0.1, -0.05) is 0 Å². The number of nitrogens with zero attached hydrogens (tertiary/aromatic N) is 3. The maximum absolute atomic E-state index is 12.1. The monoisotopic (exact) mass is 365 g/mol. The van der Waals surface area contributed by atoms with E-state index in [0.717, 1.165) is 18.8 Å². The van der Waals surface area contributed by atoms with E-state index in [1.54, 1.807) is 24.6 Å². The van der Waals surface area contributed by atoms with Crippen molar-refractivity contribution in [3.05, 3.63) is 66.5 Å². The van der Waals surface area contributed by atoms with Crippen LogP contribution < -0.4 is 15.5 Å². The Morgan fingerprint density at radius 3 is 2.44 bits per heavy atom. The van der Waals surface area contributed by atoms with Crippen LogP contribution in [0.3, 0.4) is 0 Å². The summed E-state index contributed by atoms with van der Waals surface area (Å²) < 4.78 is 5.18. The lowest BCUT2D eigenvalue weighted by molar-refractivity contribution is 0.0942. The van der Waals surface area contributed by atoms with Crippen molar-refractivity contribution in [3.8, 4) is 0 Å². The van der Waals surface area contributed by atoms with Gasteiger partial charge in [0.15, 0.2) is 0 Å². The minimum absolute atomic E-state index is 0.254. The Morgan fingerprint density at radius 1 is 1.07 bits per heavy atom. The molecular weight excluding hydrogens is 342 g/mol. The van der Waals surface area contributed by atoms with Gasteiger partial charge in [-0.3, -0.25) is 4.79 Å². The summed E-state index contributed by atoms with van der Waals surface area (Å²) in [5, 5.41) is 5.93. The average molecular weight is 365 g/mol. The zero-order valence-electron chi connectivity index (χ0n) is 15.5. The number of benzene rings is 1. The molecular formula is C20H23N5O2. The van der Waals surface area contributed by atoms with E-state index in [2.05, 4.69) is 51.5 Å². The Hall–Kier alpha value is -3.35. The van der Waals surface area contributed by atoms with Crippen molar-refractivity contribution in [2.45, 2.75) is 20.4 Å². The molecule has 0 fully saturated rings. The van der Waals surface area contributed by atoms with Crippen LogP contribution in [0.25, 0.3) is 0 Å². The van der Waals surface area contributed by atoms with Crippen LogP contribution in [0.5, 0.6) is 0 Å². The molecule has 2 N–H and O–H groups in total. The number of hydrogen-bond acceptors (Lipinski definition) is 6. The zero-order chi connectivity index (χ0) is 19.1. The van der Waals surface area contributed by atoms with Crippen molar-refractivity contribution in [2.24, 2.45) is 0 Å². The minimum atomic E-state index is -0.297. The Morgan fingerprint density at radius 2 is 1.85 bits per heavy atom. The molecule has 0 atom stereocenters. The third-order valence-corrected chi connectivity index (χ3v) is 4.16. The number of nitrogens with one attached hydrogen (secondary N) is 2. The molecule has 0 aliphatic heterocycles. The minimum Gasteiger partial charge on any atom is -0.467 e. The molecule has 1 amide bonds. The molecule has 0 radical (unpaired) electrons. The van der Waals surface area contributed by atoms with Gasteiger partial charge in [0.05, 0.1) is 25.2 Å². The van der Waals surface area contributed by atoms with Gasteiger partial charge in [0.2, 0.25) is 0 Å². The van der Waals surface area contributed by atoms with Crippen LogP contribution >= 0.6 is 0 Å². The van der Waals surface area contributed by atoms with E-state index in [-0.39, 0.29) is 11.6 Å². The average Bonchev–Trinajstić information content (AvgIpc) is 3.22. The third-order valence-electron chi connectivity index (χ3n) is 4.16. The summed E-state index contributed by atoms with van der Waals surface area (Å²) in [6, 6.07) is 11.7. The molecule has 2 aromatic heterocycles. The summed E-state index contributed by atoms with van der Waals surface area (Å²) in [7, 11) is 0. The summed E-state index contributed by atoms with van der Waals surface area (Å²) in [5.41, 5.74) is 2.35. The number of carbonyl (C=O) groups is 1. The molecule has 0 spiro atoms. The van der Waals surface area contributed by atoms with Crippen LogP contribution in [0.4, 0.5) is 17.2 Å². The first-order valence-electron chi connectivity index (χ1n) is 8.94. The topological polar surface area (TPSA) is 83.3 Å². The van der Waals surface area contributed by atoms with E-state index in [1.807, 2.05) is 12.1 Å². The molecule has 0 saturated heterocycles. The van der Waals surface area contributed by atoms with Crippen LogP contribution in [0.2, 0.25) is 0 Å². The predicted octanol–water partition coefficient (Wildman–Crippen LogP) is 3.59. The van der Waals surface area contributed by atoms with E-state index in [4.69, 9.17) is 4.42 Å². The van der Waals surface area contributed by atoms with Gasteiger partial charge >= 0.3 is 0 Å². The number of hydrogen-bond donors (Lipinski definition) is 2. The fourth-order valence-corrected chi connectivity index (χ4v) is 2.67. The molecule has 27 heavy (non-hydrogen) atoms. The molecule has 2 heterocycles. The van der Waals surface area contributed by atoms with E-state index < -0.39 is 0 Å². The van der Waals surface area contributed by atoms with Crippen molar-refractivity contribution >= 4 is 23.1 Å². The molecule has 3 rings (SSSR count). The van der Waals surface area contributed by atoms with Gasteiger partial charge in [-0.25, -0.2) is 9.97 Å². The summed E-state index contributed by atoms with van der Waals surface area (Å²) in [6.07, 6.45) is 4.56. The standard InChI is InChI=1S/C20H23N5O2/c1-3-25(4-2)16-9-7-15(8-10-16)24-19-14-21-18(13-22-19)20(26)23-12-17-6-5-11-27-17/h5-11,13-14H,3-4,12H2,1-2H3,(H,22,24)(H,23,26). The first kappa shape index (κ1) is 18.4. The number of carbonyl (C=O) groups excluding carboxylic acids is 1. The summed E-state index contributed by atoms with van der Waals surface area (Å²) in [6.45, 7) is 6.53. The van der Waals surface area contributed by atoms with Crippen LogP contribution in [0, 0.1) is 0 Å². The summed E-state index contributed by atoms with van der Waals surface area (Å²) in [4.78, 5) is 22.8. The highest BCUT2D eigenvalue weighted by molar-refractivity contribution is 5.91. The molecule has 7 nitrogen and oxygen atoms in total. The summed E-state index contributed by atoms with van der Waals surface area (Å²) >= 11 is 0. The van der Waals surface area contributed by atoms with Crippen molar-refractivity contribution < 1.29 is 9.21 Å². The van der Waals surface area contributed by atoms with Crippen LogP contribution in [0.15, 0.2) is 59.5 Å². The highest BCUT2D eigenvalue weighted by atomic mass is 16.3. The second kappa shape index (κ2) is 8.84. The molecule has 0 saturated carbocycles. The highest BCUT2D eigenvalue weighted by Gasteiger charge is 2.09. The third kappa shape index (κ3) is 4.84. The largest absolute Gasteiger partial charge is 0.467 e. The zero-order valence-corrected chi connectivity index (χ0v) is 15.5. The lowest BCUT2D eigenvalue weighted by Crippen LogP contribution is -2.23. The summed E-state index contributed by atoms with van der Waals surface area (Å²) in [5.74, 6) is 0.963. The number of rotatable bonds is 8. The second-order valence-electron chi connectivity index (χ2n) is 5.89. The van der Waals surface area contributed by atoms with Crippen molar-refractivity contribution in [3.63, 3.8) is 0 Å². The van der Waals surface area contributed by atoms with Gasteiger partial charge in [0.1, 0.15) is 17.3 Å². The lowest BCUT2D eigenvalue weighted by Gasteiger charge is -2.21. The maximum Gasteiger partial charge on any atom is 0.271 e. The maximum atomic E-state index is 12.1. The first-order valence-corrected chi connectivity index (χ1v) is 8.94.